The lowest BCUT2D eigenvalue weighted by molar-refractivity contribution is 0.415. The Balaban J connectivity index is 2.91. The molecule has 0 aliphatic carbocycles. The molecule has 0 saturated carbocycles. The van der Waals surface area contributed by atoms with Gasteiger partial charge >= 0.3 is 0 Å². The molecule has 1 aromatic carbocycles. The molecule has 0 atom stereocenters. The van der Waals surface area contributed by atoms with Crippen LogP contribution in [0.4, 0.5) is 5.69 Å². The lowest BCUT2D eigenvalue weighted by Gasteiger charge is -2.00. The fourth-order valence-electron chi connectivity index (χ4n) is 0.965. The van der Waals surface area contributed by atoms with Gasteiger partial charge in [-0.2, -0.15) is 0 Å². The van der Waals surface area contributed by atoms with E-state index in [1.165, 1.54) is 12.3 Å². The van der Waals surface area contributed by atoms with Crippen LogP contribution in [0.1, 0.15) is 0 Å². The molecule has 14 heavy (non-hydrogen) atoms. The van der Waals surface area contributed by atoms with Crippen LogP contribution in [0.15, 0.2) is 41.5 Å². The van der Waals surface area contributed by atoms with E-state index >= 15 is 0 Å². The van der Waals surface area contributed by atoms with E-state index in [0.717, 1.165) is 11.4 Å². The average Bonchev–Trinajstić information content (AvgIpc) is 2.18. The lowest BCUT2D eigenvalue weighted by atomic mass is 10.3. The summed E-state index contributed by atoms with van der Waals surface area (Å²) in [6.07, 6.45) is 2.87. The Bertz CT molecular complexity index is 358. The van der Waals surface area contributed by atoms with Crippen molar-refractivity contribution in [1.82, 2.24) is 0 Å². The van der Waals surface area contributed by atoms with Crippen LogP contribution < -0.4 is 16.2 Å². The Morgan fingerprint density at radius 1 is 1.50 bits per heavy atom. The van der Waals surface area contributed by atoms with Crippen LogP contribution >= 0.6 is 0 Å². The Morgan fingerprint density at radius 2 is 2.29 bits per heavy atom. The Morgan fingerprint density at radius 3 is 2.93 bits per heavy atom. The van der Waals surface area contributed by atoms with Crippen LogP contribution in [0.3, 0.4) is 0 Å². The van der Waals surface area contributed by atoms with Gasteiger partial charge in [-0.05, 0) is 24.4 Å². The number of hydrogen-bond donors (Lipinski definition) is 2. The van der Waals surface area contributed by atoms with Crippen molar-refractivity contribution in [3.63, 3.8) is 0 Å². The van der Waals surface area contributed by atoms with E-state index in [2.05, 4.69) is 4.99 Å². The van der Waals surface area contributed by atoms with Crippen molar-refractivity contribution >= 4 is 11.5 Å². The Kier molecular flexibility index (Phi) is 3.55. The van der Waals surface area contributed by atoms with Gasteiger partial charge in [-0.15, -0.1) is 0 Å². The molecule has 0 radical (unpaired) electrons. The van der Waals surface area contributed by atoms with Gasteiger partial charge in [0, 0.05) is 6.07 Å². The van der Waals surface area contributed by atoms with E-state index in [0.29, 0.717) is 5.84 Å². The molecule has 0 heterocycles. The number of nitrogens with zero attached hydrogens (tertiary/aromatic N) is 1. The first-order chi connectivity index (χ1) is 6.76. The highest BCUT2D eigenvalue weighted by atomic mass is 16.5. The van der Waals surface area contributed by atoms with Gasteiger partial charge in [-0.3, -0.25) is 0 Å². The second-order valence-corrected chi connectivity index (χ2v) is 2.60. The smallest absolute Gasteiger partial charge is 0.125 e. The summed E-state index contributed by atoms with van der Waals surface area (Å²) in [6.45, 7) is 0. The fourth-order valence-corrected chi connectivity index (χ4v) is 0.965. The highest BCUT2D eigenvalue weighted by molar-refractivity contribution is 5.93. The van der Waals surface area contributed by atoms with Crippen LogP contribution in [-0.4, -0.2) is 12.9 Å². The number of rotatable bonds is 3. The van der Waals surface area contributed by atoms with E-state index in [1.807, 2.05) is 18.2 Å². The molecule has 1 rings (SSSR count). The molecule has 0 amide bonds. The molecule has 0 saturated heterocycles. The predicted octanol–water partition coefficient (Wildman–Crippen LogP) is 1.16. The van der Waals surface area contributed by atoms with E-state index < -0.39 is 0 Å². The third-order valence-corrected chi connectivity index (χ3v) is 1.58. The van der Waals surface area contributed by atoms with E-state index in [4.69, 9.17) is 16.2 Å². The zero-order chi connectivity index (χ0) is 10.4. The molecule has 0 unspecified atom stereocenters. The molecule has 4 nitrogen and oxygen atoms in total. The molecule has 0 aliphatic heterocycles. The SMILES string of the molecule is COc1cccc(N=C(N)/C=C\N)c1. The standard InChI is InChI=1S/C10H13N3O/c1-14-9-4-2-3-8(7-9)13-10(12)5-6-11/h2-7H,11H2,1H3,(H2,12,13)/b6-5-. The zero-order valence-electron chi connectivity index (χ0n) is 7.97. The number of methoxy groups -OCH3 is 1. The number of hydrogen-bond acceptors (Lipinski definition) is 3. The quantitative estimate of drug-likeness (QED) is 0.556. The summed E-state index contributed by atoms with van der Waals surface area (Å²) in [6, 6.07) is 7.31. The minimum atomic E-state index is 0.362. The highest BCUT2D eigenvalue weighted by Gasteiger charge is 1.93. The first kappa shape index (κ1) is 10.1. The third kappa shape index (κ3) is 2.82. The zero-order valence-corrected chi connectivity index (χ0v) is 7.97. The maximum atomic E-state index is 5.55. The molecule has 74 valence electrons. The van der Waals surface area contributed by atoms with Crippen molar-refractivity contribution in [1.29, 1.82) is 0 Å². The number of aliphatic imine (C=N–C) groups is 1. The topological polar surface area (TPSA) is 73.6 Å². The molecule has 0 aliphatic rings. The Hall–Kier alpha value is -1.97. The third-order valence-electron chi connectivity index (χ3n) is 1.58. The summed E-state index contributed by atoms with van der Waals surface area (Å²) >= 11 is 0. The van der Waals surface area contributed by atoms with Gasteiger partial charge in [-0.25, -0.2) is 4.99 Å². The van der Waals surface area contributed by atoms with E-state index in [-0.39, 0.29) is 0 Å². The number of nitrogens with two attached hydrogens (primary N) is 2. The van der Waals surface area contributed by atoms with E-state index in [9.17, 15) is 0 Å². The molecule has 1 aromatic rings. The van der Waals surface area contributed by atoms with Crippen molar-refractivity contribution in [3.8, 4) is 5.75 Å². The maximum Gasteiger partial charge on any atom is 0.125 e. The molecular weight excluding hydrogens is 178 g/mol. The van der Waals surface area contributed by atoms with Gasteiger partial charge in [0.1, 0.15) is 11.6 Å². The van der Waals surface area contributed by atoms with Gasteiger partial charge in [0.25, 0.3) is 0 Å². The van der Waals surface area contributed by atoms with Crippen molar-refractivity contribution in [2.75, 3.05) is 7.11 Å². The number of amidine groups is 1. The second-order valence-electron chi connectivity index (χ2n) is 2.60. The van der Waals surface area contributed by atoms with E-state index in [1.54, 1.807) is 13.2 Å². The summed E-state index contributed by atoms with van der Waals surface area (Å²) < 4.78 is 5.04. The van der Waals surface area contributed by atoms with Crippen molar-refractivity contribution < 1.29 is 4.74 Å². The molecule has 0 fully saturated rings. The van der Waals surface area contributed by atoms with Crippen LogP contribution in [0.2, 0.25) is 0 Å². The van der Waals surface area contributed by atoms with Crippen LogP contribution in [-0.2, 0) is 0 Å². The van der Waals surface area contributed by atoms with Crippen molar-refractivity contribution in [2.45, 2.75) is 0 Å². The van der Waals surface area contributed by atoms with Crippen LogP contribution in [0.25, 0.3) is 0 Å². The number of ether oxygens (including phenoxy) is 1. The molecular formula is C10H13N3O. The minimum Gasteiger partial charge on any atom is -0.497 e. The van der Waals surface area contributed by atoms with Crippen LogP contribution in [0.5, 0.6) is 5.75 Å². The highest BCUT2D eigenvalue weighted by Crippen LogP contribution is 2.19. The Labute approximate surface area is 82.9 Å². The number of benzene rings is 1. The van der Waals surface area contributed by atoms with Gasteiger partial charge < -0.3 is 16.2 Å². The molecule has 0 aromatic heterocycles. The minimum absolute atomic E-state index is 0.362. The fraction of sp³-hybridized carbons (Fsp3) is 0.100. The maximum absolute atomic E-state index is 5.55. The van der Waals surface area contributed by atoms with Gasteiger partial charge in [-0.1, -0.05) is 6.07 Å². The molecule has 0 spiro atoms. The summed E-state index contributed by atoms with van der Waals surface area (Å²) in [5.74, 6) is 1.11. The largest absolute Gasteiger partial charge is 0.497 e. The first-order valence-electron chi connectivity index (χ1n) is 4.12. The summed E-state index contributed by atoms with van der Waals surface area (Å²) in [4.78, 5) is 4.11. The second kappa shape index (κ2) is 4.91. The summed E-state index contributed by atoms with van der Waals surface area (Å²) in [7, 11) is 1.60. The summed E-state index contributed by atoms with van der Waals surface area (Å²) in [5.41, 5.74) is 11.5. The predicted molar refractivity (Wildman–Crippen MR) is 57.6 cm³/mol. The summed E-state index contributed by atoms with van der Waals surface area (Å²) in [5, 5.41) is 0. The monoisotopic (exact) mass is 191 g/mol. The van der Waals surface area contributed by atoms with Gasteiger partial charge in [0.05, 0.1) is 12.8 Å². The average molecular weight is 191 g/mol. The molecule has 0 bridgehead atoms. The molecule has 4 heteroatoms. The molecule has 4 N–H and O–H groups in total. The van der Waals surface area contributed by atoms with Gasteiger partial charge in [0.2, 0.25) is 0 Å². The van der Waals surface area contributed by atoms with Crippen LogP contribution in [0, 0.1) is 0 Å². The van der Waals surface area contributed by atoms with Crippen molar-refractivity contribution in [3.05, 3.63) is 36.5 Å². The normalized spacial score (nSPS) is 11.9. The van der Waals surface area contributed by atoms with Crippen molar-refractivity contribution in [2.24, 2.45) is 16.5 Å². The lowest BCUT2D eigenvalue weighted by Crippen LogP contribution is -2.07. The van der Waals surface area contributed by atoms with Gasteiger partial charge in [0.15, 0.2) is 0 Å². The first-order valence-corrected chi connectivity index (χ1v) is 4.12.